The standard InChI is InChI=1S/C12H22N4S/c1-4-10-14-11(17-15-10)13-9-12(2)5-7-16(3)8-6-12/h4-9H2,1-3H3,(H,13,14,15). The third-order valence-electron chi connectivity index (χ3n) is 3.64. The number of nitrogens with one attached hydrogen (secondary N) is 1. The molecule has 4 nitrogen and oxygen atoms in total. The maximum absolute atomic E-state index is 4.45. The minimum Gasteiger partial charge on any atom is -0.360 e. The molecule has 1 aliphatic heterocycles. The second kappa shape index (κ2) is 5.31. The van der Waals surface area contributed by atoms with Crippen molar-refractivity contribution in [2.45, 2.75) is 33.1 Å². The highest BCUT2D eigenvalue weighted by Crippen LogP contribution is 2.30. The Balaban J connectivity index is 1.84. The van der Waals surface area contributed by atoms with Crippen molar-refractivity contribution in [3.63, 3.8) is 0 Å². The molecule has 0 aliphatic carbocycles. The van der Waals surface area contributed by atoms with Crippen molar-refractivity contribution >= 4 is 16.7 Å². The molecule has 1 N–H and O–H groups in total. The van der Waals surface area contributed by atoms with E-state index in [1.54, 1.807) is 0 Å². The summed E-state index contributed by atoms with van der Waals surface area (Å²) >= 11 is 1.48. The average molecular weight is 254 g/mol. The van der Waals surface area contributed by atoms with Crippen LogP contribution < -0.4 is 5.32 Å². The molecule has 0 aromatic carbocycles. The number of rotatable bonds is 4. The van der Waals surface area contributed by atoms with Gasteiger partial charge in [0.1, 0.15) is 5.82 Å². The van der Waals surface area contributed by atoms with Gasteiger partial charge in [-0.2, -0.15) is 4.37 Å². The van der Waals surface area contributed by atoms with Crippen LogP contribution in [0.3, 0.4) is 0 Å². The Hall–Kier alpha value is -0.680. The van der Waals surface area contributed by atoms with Crippen LogP contribution in [-0.2, 0) is 6.42 Å². The zero-order chi connectivity index (χ0) is 12.3. The Labute approximate surface area is 108 Å². The number of aromatic nitrogens is 2. The fourth-order valence-corrected chi connectivity index (χ4v) is 2.74. The zero-order valence-corrected chi connectivity index (χ0v) is 11.8. The summed E-state index contributed by atoms with van der Waals surface area (Å²) in [5, 5.41) is 4.42. The van der Waals surface area contributed by atoms with E-state index in [0.717, 1.165) is 23.9 Å². The van der Waals surface area contributed by atoms with Gasteiger partial charge in [-0.3, -0.25) is 0 Å². The van der Waals surface area contributed by atoms with Crippen molar-refractivity contribution in [1.82, 2.24) is 14.3 Å². The van der Waals surface area contributed by atoms with Crippen LogP contribution >= 0.6 is 11.5 Å². The number of hydrogen-bond donors (Lipinski definition) is 1. The largest absolute Gasteiger partial charge is 0.360 e. The summed E-state index contributed by atoms with van der Waals surface area (Å²) in [5.41, 5.74) is 0.407. The predicted molar refractivity (Wildman–Crippen MR) is 72.6 cm³/mol. The van der Waals surface area contributed by atoms with Gasteiger partial charge in [-0.15, -0.1) is 0 Å². The molecular weight excluding hydrogens is 232 g/mol. The first-order valence-corrected chi connectivity index (χ1v) is 7.14. The van der Waals surface area contributed by atoms with Crippen LogP contribution in [0.4, 0.5) is 5.13 Å². The zero-order valence-electron chi connectivity index (χ0n) is 11.0. The Morgan fingerprint density at radius 3 is 2.71 bits per heavy atom. The molecule has 0 atom stereocenters. The first kappa shape index (κ1) is 12.8. The van der Waals surface area contributed by atoms with E-state index >= 15 is 0 Å². The molecule has 0 spiro atoms. The first-order valence-electron chi connectivity index (χ1n) is 6.36. The highest BCUT2D eigenvalue weighted by molar-refractivity contribution is 7.09. The number of anilines is 1. The molecule has 17 heavy (non-hydrogen) atoms. The summed E-state index contributed by atoms with van der Waals surface area (Å²) < 4.78 is 4.29. The molecule has 1 fully saturated rings. The second-order valence-electron chi connectivity index (χ2n) is 5.34. The van der Waals surface area contributed by atoms with E-state index in [9.17, 15) is 0 Å². The van der Waals surface area contributed by atoms with Crippen LogP contribution in [0.15, 0.2) is 0 Å². The van der Waals surface area contributed by atoms with E-state index in [4.69, 9.17) is 0 Å². The number of nitrogens with zero attached hydrogens (tertiary/aromatic N) is 3. The molecule has 5 heteroatoms. The van der Waals surface area contributed by atoms with Crippen LogP contribution in [0.2, 0.25) is 0 Å². The maximum Gasteiger partial charge on any atom is 0.202 e. The van der Waals surface area contributed by atoms with E-state index in [-0.39, 0.29) is 0 Å². The molecule has 0 bridgehead atoms. The van der Waals surface area contributed by atoms with Crippen LogP contribution in [0.1, 0.15) is 32.5 Å². The molecule has 1 aromatic heterocycles. The molecule has 2 heterocycles. The molecule has 0 unspecified atom stereocenters. The van der Waals surface area contributed by atoms with E-state index in [1.807, 2.05) is 0 Å². The van der Waals surface area contributed by atoms with Gasteiger partial charge in [0.2, 0.25) is 5.13 Å². The van der Waals surface area contributed by atoms with Crippen molar-refractivity contribution in [2.75, 3.05) is 32.0 Å². The van der Waals surface area contributed by atoms with Gasteiger partial charge in [-0.05, 0) is 38.4 Å². The summed E-state index contributed by atoms with van der Waals surface area (Å²) in [7, 11) is 2.20. The Kier molecular flexibility index (Phi) is 3.99. The summed E-state index contributed by atoms with van der Waals surface area (Å²) in [5.74, 6) is 0.950. The van der Waals surface area contributed by atoms with Crippen molar-refractivity contribution in [2.24, 2.45) is 5.41 Å². The van der Waals surface area contributed by atoms with E-state index in [2.05, 4.69) is 40.5 Å². The van der Waals surface area contributed by atoms with Crippen molar-refractivity contribution in [1.29, 1.82) is 0 Å². The van der Waals surface area contributed by atoms with Crippen LogP contribution in [-0.4, -0.2) is 40.9 Å². The lowest BCUT2D eigenvalue weighted by Gasteiger charge is -2.37. The van der Waals surface area contributed by atoms with Crippen molar-refractivity contribution < 1.29 is 0 Å². The number of piperidine rings is 1. The lowest BCUT2D eigenvalue weighted by Crippen LogP contribution is -2.40. The molecule has 96 valence electrons. The molecule has 1 aliphatic rings. The first-order chi connectivity index (χ1) is 8.11. The van der Waals surface area contributed by atoms with E-state index in [1.165, 1.54) is 37.5 Å². The Bertz CT molecular complexity index is 355. The predicted octanol–water partition coefficient (Wildman–Crippen LogP) is 2.24. The number of likely N-dealkylation sites (tertiary alicyclic amines) is 1. The summed E-state index contributed by atoms with van der Waals surface area (Å²) in [6.07, 6.45) is 3.44. The molecule has 2 rings (SSSR count). The van der Waals surface area contributed by atoms with E-state index < -0.39 is 0 Å². The van der Waals surface area contributed by atoms with Gasteiger partial charge in [0.25, 0.3) is 0 Å². The van der Waals surface area contributed by atoms with Crippen LogP contribution in [0.25, 0.3) is 0 Å². The van der Waals surface area contributed by atoms with Crippen LogP contribution in [0.5, 0.6) is 0 Å². The minimum absolute atomic E-state index is 0.407. The molecule has 1 aromatic rings. The van der Waals surface area contributed by atoms with Crippen molar-refractivity contribution in [3.8, 4) is 0 Å². The van der Waals surface area contributed by atoms with Gasteiger partial charge in [-0.25, -0.2) is 4.98 Å². The fraction of sp³-hybridized carbons (Fsp3) is 0.833. The monoisotopic (exact) mass is 254 g/mol. The van der Waals surface area contributed by atoms with Gasteiger partial charge in [0.15, 0.2) is 0 Å². The smallest absolute Gasteiger partial charge is 0.202 e. The lowest BCUT2D eigenvalue weighted by atomic mass is 9.80. The van der Waals surface area contributed by atoms with Crippen molar-refractivity contribution in [3.05, 3.63) is 5.82 Å². The van der Waals surface area contributed by atoms with Gasteiger partial charge in [0.05, 0.1) is 0 Å². The SMILES string of the molecule is CCc1nsc(NCC2(C)CCN(C)CC2)n1. The Morgan fingerprint density at radius 2 is 2.12 bits per heavy atom. The second-order valence-corrected chi connectivity index (χ2v) is 6.09. The fourth-order valence-electron chi connectivity index (χ4n) is 2.09. The summed E-state index contributed by atoms with van der Waals surface area (Å²) in [6.45, 7) is 7.88. The normalized spacial score (nSPS) is 20.4. The highest BCUT2D eigenvalue weighted by atomic mass is 32.1. The summed E-state index contributed by atoms with van der Waals surface area (Å²) in [6, 6.07) is 0. The average Bonchev–Trinajstić information content (AvgIpc) is 2.79. The molecular formula is C12H22N4S. The molecule has 0 saturated carbocycles. The number of aryl methyl sites for hydroxylation is 1. The molecule has 1 saturated heterocycles. The molecule has 0 amide bonds. The van der Waals surface area contributed by atoms with E-state index in [0.29, 0.717) is 5.41 Å². The quantitative estimate of drug-likeness (QED) is 0.894. The lowest BCUT2D eigenvalue weighted by molar-refractivity contribution is 0.150. The maximum atomic E-state index is 4.45. The third kappa shape index (κ3) is 3.39. The highest BCUT2D eigenvalue weighted by Gasteiger charge is 2.28. The third-order valence-corrected chi connectivity index (χ3v) is 4.36. The van der Waals surface area contributed by atoms with Gasteiger partial charge >= 0.3 is 0 Å². The number of hydrogen-bond acceptors (Lipinski definition) is 5. The molecule has 0 radical (unpaired) electrons. The van der Waals surface area contributed by atoms with Gasteiger partial charge in [-0.1, -0.05) is 13.8 Å². The van der Waals surface area contributed by atoms with Gasteiger partial charge in [0, 0.05) is 24.5 Å². The van der Waals surface area contributed by atoms with Gasteiger partial charge < -0.3 is 10.2 Å². The Morgan fingerprint density at radius 1 is 1.41 bits per heavy atom. The summed E-state index contributed by atoms with van der Waals surface area (Å²) in [4.78, 5) is 6.85. The van der Waals surface area contributed by atoms with Crippen LogP contribution in [0, 0.1) is 5.41 Å². The topological polar surface area (TPSA) is 41.1 Å². The minimum atomic E-state index is 0.407.